The van der Waals surface area contributed by atoms with Gasteiger partial charge in [-0.2, -0.15) is 8.17 Å². The van der Waals surface area contributed by atoms with E-state index < -0.39 is 10.0 Å². The molecule has 0 aliphatic rings. The Morgan fingerprint density at radius 2 is 1.75 bits per heavy atom. The Morgan fingerprint density at radius 1 is 1.19 bits per heavy atom. The molecule has 2 aromatic heterocycles. The van der Waals surface area contributed by atoms with Crippen molar-refractivity contribution in [3.05, 3.63) is 36.8 Å². The maximum atomic E-state index is 4.19. The standard InChI is InChI=1S/C8H11N6PS/c1-3-4-16(15-2,13-7-9-5-11-13)14-8-10-6-12-14/h3-8H,2H2,1H3. The van der Waals surface area contributed by atoms with Crippen LogP contribution in [0.25, 0.3) is 0 Å². The lowest BCUT2D eigenvalue weighted by atomic mass is 10.8. The van der Waals surface area contributed by atoms with Gasteiger partial charge in [0, 0.05) is 10.0 Å². The Kier molecular flexibility index (Phi) is 3.17. The van der Waals surface area contributed by atoms with E-state index in [0.29, 0.717) is 0 Å². The minimum absolute atomic E-state index is 0.904. The molecule has 0 unspecified atom stereocenters. The molecule has 2 rings (SSSR count). The number of rotatable bonds is 4. The minimum Gasteiger partial charge on any atom is -0.222 e. The van der Waals surface area contributed by atoms with Gasteiger partial charge in [-0.05, 0) is 19.7 Å². The summed E-state index contributed by atoms with van der Waals surface area (Å²) in [4.78, 5) is 7.95. The molecule has 0 N–H and O–H groups in total. The van der Waals surface area contributed by atoms with E-state index >= 15 is 0 Å². The van der Waals surface area contributed by atoms with Crippen LogP contribution in [0.2, 0.25) is 0 Å². The van der Waals surface area contributed by atoms with Crippen molar-refractivity contribution in [2.24, 2.45) is 0 Å². The SMILES string of the molecule is C=PS(C=CC)(n1cncn1)n1cncn1. The van der Waals surface area contributed by atoms with E-state index in [1.54, 1.807) is 20.8 Å². The fourth-order valence-electron chi connectivity index (χ4n) is 1.23. The van der Waals surface area contributed by atoms with Crippen LogP contribution in [0.4, 0.5) is 0 Å². The van der Waals surface area contributed by atoms with E-state index in [1.807, 2.05) is 18.4 Å². The summed E-state index contributed by atoms with van der Waals surface area (Å²) in [6.45, 7) is 1.96. The molecule has 2 aromatic rings. The van der Waals surface area contributed by atoms with Gasteiger partial charge in [0.2, 0.25) is 0 Å². The summed E-state index contributed by atoms with van der Waals surface area (Å²) in [6.07, 6.45) is 12.3. The maximum Gasteiger partial charge on any atom is 0.138 e. The van der Waals surface area contributed by atoms with Crippen molar-refractivity contribution in [3.8, 4) is 0 Å². The normalized spacial score (nSPS) is 13.6. The fourth-order valence-corrected chi connectivity index (χ4v) is 4.92. The van der Waals surface area contributed by atoms with Crippen LogP contribution < -0.4 is 0 Å². The summed E-state index contributed by atoms with van der Waals surface area (Å²) >= 11 is 0. The predicted octanol–water partition coefficient (Wildman–Crippen LogP) is 1.73. The molecule has 0 aromatic carbocycles. The van der Waals surface area contributed by atoms with E-state index in [0.717, 1.165) is 7.41 Å². The molecular weight excluding hydrogens is 243 g/mol. The van der Waals surface area contributed by atoms with Gasteiger partial charge in [0.25, 0.3) is 0 Å². The molecule has 84 valence electrons. The van der Waals surface area contributed by atoms with Crippen LogP contribution in [0.1, 0.15) is 6.92 Å². The molecule has 0 saturated heterocycles. The van der Waals surface area contributed by atoms with Gasteiger partial charge in [-0.3, -0.25) is 0 Å². The van der Waals surface area contributed by atoms with Crippen molar-refractivity contribution < 1.29 is 0 Å². The van der Waals surface area contributed by atoms with Crippen LogP contribution in [0, 0.1) is 0 Å². The molecule has 0 saturated carbocycles. The average Bonchev–Trinajstić information content (AvgIpc) is 2.98. The van der Waals surface area contributed by atoms with Gasteiger partial charge in [0.1, 0.15) is 25.3 Å². The second kappa shape index (κ2) is 4.59. The monoisotopic (exact) mass is 254 g/mol. The highest BCUT2D eigenvalue weighted by Gasteiger charge is 2.24. The molecule has 0 fully saturated rings. The van der Waals surface area contributed by atoms with E-state index in [2.05, 4.69) is 26.5 Å². The molecule has 0 atom stereocenters. The minimum atomic E-state index is -1.59. The number of hydrogen-bond donors (Lipinski definition) is 0. The quantitative estimate of drug-likeness (QED) is 0.779. The molecule has 0 bridgehead atoms. The molecule has 0 amide bonds. The molecule has 0 aliphatic heterocycles. The Labute approximate surface area is 96.2 Å². The van der Waals surface area contributed by atoms with Gasteiger partial charge in [0.05, 0.1) is 0 Å². The van der Waals surface area contributed by atoms with Crippen molar-refractivity contribution in [2.45, 2.75) is 6.92 Å². The fraction of sp³-hybridized carbons (Fsp3) is 0.125. The Hall–Kier alpha value is -1.46. The average molecular weight is 254 g/mol. The lowest BCUT2D eigenvalue weighted by Crippen LogP contribution is -2.12. The third-order valence-electron chi connectivity index (χ3n) is 1.85. The van der Waals surface area contributed by atoms with E-state index in [1.165, 1.54) is 12.7 Å². The van der Waals surface area contributed by atoms with Crippen LogP contribution in [0.15, 0.2) is 36.8 Å². The summed E-state index contributed by atoms with van der Waals surface area (Å²) in [5.74, 6) is 0. The molecule has 16 heavy (non-hydrogen) atoms. The second-order valence-electron chi connectivity index (χ2n) is 2.76. The smallest absolute Gasteiger partial charge is 0.138 e. The predicted molar refractivity (Wildman–Crippen MR) is 67.3 cm³/mol. The Morgan fingerprint density at radius 3 is 2.06 bits per heavy atom. The first-order chi connectivity index (χ1) is 7.83. The van der Waals surface area contributed by atoms with Gasteiger partial charge < -0.3 is 0 Å². The zero-order valence-electron chi connectivity index (χ0n) is 8.71. The Bertz CT molecular complexity index is 442. The summed E-state index contributed by atoms with van der Waals surface area (Å²) in [5.41, 5.74) is 0. The van der Waals surface area contributed by atoms with Crippen molar-refractivity contribution in [1.82, 2.24) is 28.3 Å². The van der Waals surface area contributed by atoms with E-state index in [4.69, 9.17) is 0 Å². The maximum absolute atomic E-state index is 4.19. The molecular formula is C8H11N6PS. The van der Waals surface area contributed by atoms with Crippen molar-refractivity contribution in [2.75, 3.05) is 0 Å². The van der Waals surface area contributed by atoms with Crippen LogP contribution in [-0.2, 0) is 0 Å². The van der Waals surface area contributed by atoms with Gasteiger partial charge in [-0.15, -0.1) is 10.2 Å². The molecule has 8 heteroatoms. The van der Waals surface area contributed by atoms with Crippen LogP contribution >= 0.6 is 17.4 Å². The number of aromatic nitrogens is 6. The highest BCUT2D eigenvalue weighted by atomic mass is 32.8. The highest BCUT2D eigenvalue weighted by Crippen LogP contribution is 2.60. The largest absolute Gasteiger partial charge is 0.222 e. The zero-order valence-corrected chi connectivity index (χ0v) is 10.4. The highest BCUT2D eigenvalue weighted by molar-refractivity contribution is 8.71. The molecule has 2 heterocycles. The van der Waals surface area contributed by atoms with Crippen molar-refractivity contribution >= 4 is 23.7 Å². The van der Waals surface area contributed by atoms with Gasteiger partial charge in [0.15, 0.2) is 0 Å². The van der Waals surface area contributed by atoms with Crippen LogP contribution in [-0.4, -0.2) is 34.6 Å². The van der Waals surface area contributed by atoms with Crippen LogP contribution in [0.3, 0.4) is 0 Å². The van der Waals surface area contributed by atoms with Crippen molar-refractivity contribution in [1.29, 1.82) is 0 Å². The number of hydrogen-bond acceptors (Lipinski definition) is 4. The lowest BCUT2D eigenvalue weighted by molar-refractivity contribution is 0.928. The van der Waals surface area contributed by atoms with Crippen LogP contribution in [0.5, 0.6) is 0 Å². The molecule has 0 radical (unpaired) electrons. The first-order valence-corrected chi connectivity index (χ1v) is 7.77. The van der Waals surface area contributed by atoms with Gasteiger partial charge in [-0.25, -0.2) is 9.97 Å². The number of nitrogens with zero attached hydrogens (tertiary/aromatic N) is 6. The van der Waals surface area contributed by atoms with E-state index in [-0.39, 0.29) is 0 Å². The second-order valence-corrected chi connectivity index (χ2v) is 7.54. The third kappa shape index (κ3) is 1.68. The molecule has 0 aliphatic carbocycles. The molecule has 0 spiro atoms. The summed E-state index contributed by atoms with van der Waals surface area (Å²) in [5, 5.41) is 10.4. The first-order valence-electron chi connectivity index (χ1n) is 4.48. The first kappa shape index (κ1) is 11.0. The van der Waals surface area contributed by atoms with Gasteiger partial charge in [-0.1, -0.05) is 12.4 Å². The van der Waals surface area contributed by atoms with Crippen molar-refractivity contribution in [3.63, 3.8) is 0 Å². The lowest BCUT2D eigenvalue weighted by Gasteiger charge is -2.31. The Balaban J connectivity index is 2.60. The summed E-state index contributed by atoms with van der Waals surface area (Å²) in [7, 11) is -0.685. The third-order valence-corrected chi connectivity index (χ3v) is 6.86. The van der Waals surface area contributed by atoms with Gasteiger partial charge >= 0.3 is 0 Å². The molecule has 6 nitrogen and oxygen atoms in total. The number of allylic oxidation sites excluding steroid dienone is 1. The zero-order chi connectivity index (χ0) is 11.4. The topological polar surface area (TPSA) is 61.4 Å². The summed E-state index contributed by atoms with van der Waals surface area (Å²) < 4.78 is 3.58. The van der Waals surface area contributed by atoms with E-state index in [9.17, 15) is 0 Å². The summed E-state index contributed by atoms with van der Waals surface area (Å²) in [6, 6.07) is 0.